The Morgan fingerprint density at radius 3 is 1.19 bits per heavy atom. The Hall–Kier alpha value is -4.68. The van der Waals surface area contributed by atoms with Crippen LogP contribution in [0, 0.1) is 94.9 Å². The lowest BCUT2D eigenvalue weighted by Crippen LogP contribution is -2.11. The predicted octanol–water partition coefficient (Wildman–Crippen LogP) is 23.1. The number of rotatable bonds is 5. The highest BCUT2D eigenvalue weighted by Crippen LogP contribution is 2.53. The molecule has 3 atom stereocenters. The number of aryl methyl sites for hydroxylation is 12. The first-order valence-corrected chi connectivity index (χ1v) is 31.0. The van der Waals surface area contributed by atoms with Crippen LogP contribution in [0.2, 0.25) is 0 Å². The van der Waals surface area contributed by atoms with Gasteiger partial charge in [-0.15, -0.1) is 0 Å². The van der Waals surface area contributed by atoms with Crippen molar-refractivity contribution in [2.75, 3.05) is 0 Å². The summed E-state index contributed by atoms with van der Waals surface area (Å²) in [5.74, 6) is 6.20. The standard InChI is InChI=1S/C15H20.C14H20.C13H18.C12H16.C12H18.C11H16/c1-10-3-4-11(2)14(7-10)15-9-12-5-6-13(15)8-12;1-11-8-9-12(2)14(10-11)13-6-4-3-5-7-13;1-10-7-8-11(2)13(9-10)12-5-3-4-6-12;1-9-6-7-12(8-10(9)2)11-4-3-5-11;1-9-6-7-11(8-10(9)2)12(3,4)5;1-8(2)11-6-5-9(3)10(4)7-11/h3-4,7,12-13,15H,5-6,8-9H2,1-2H3;8-10,13H,3-7H2,1-2H3;7-9,12H,3-6H2,1-2H3;6-8,11H,3-5H2,1-2H3;6-8H,1-5H3;5-8H,1-4H3. The Morgan fingerprint density at radius 1 is 0.351 bits per heavy atom. The first kappa shape index (κ1) is 61.5. The van der Waals surface area contributed by atoms with E-state index in [0.717, 1.165) is 35.5 Å². The lowest BCUT2D eigenvalue weighted by Gasteiger charge is -2.26. The van der Waals surface area contributed by atoms with E-state index in [1.54, 1.807) is 22.3 Å². The molecule has 416 valence electrons. The molecule has 0 spiro atoms. The number of hydrogen-bond donors (Lipinski definition) is 0. The van der Waals surface area contributed by atoms with Gasteiger partial charge in [0.25, 0.3) is 0 Å². The highest BCUT2D eigenvalue weighted by Gasteiger charge is 2.40. The van der Waals surface area contributed by atoms with Gasteiger partial charge in [0.1, 0.15) is 0 Å². The average Bonchev–Trinajstić information content (AvgIpc) is 4.20. The van der Waals surface area contributed by atoms with Crippen LogP contribution in [-0.2, 0) is 5.41 Å². The molecule has 0 saturated heterocycles. The molecule has 5 aliphatic rings. The third-order valence-corrected chi connectivity index (χ3v) is 19.0. The fourth-order valence-corrected chi connectivity index (χ4v) is 12.9. The highest BCUT2D eigenvalue weighted by atomic mass is 14.5. The molecule has 0 amide bonds. The van der Waals surface area contributed by atoms with E-state index in [1.165, 1.54) is 181 Å². The summed E-state index contributed by atoms with van der Waals surface area (Å²) in [6.45, 7) is 37.6. The summed E-state index contributed by atoms with van der Waals surface area (Å²) in [6.07, 6.45) is 23.0. The fourth-order valence-electron chi connectivity index (χ4n) is 12.9. The number of benzene rings is 6. The van der Waals surface area contributed by atoms with Crippen molar-refractivity contribution in [3.05, 3.63) is 209 Å². The molecule has 3 unspecified atom stereocenters. The van der Waals surface area contributed by atoms with Gasteiger partial charge in [0.2, 0.25) is 0 Å². The maximum atomic E-state index is 2.43. The van der Waals surface area contributed by atoms with Gasteiger partial charge in [-0.05, 0) is 271 Å². The Bertz CT molecular complexity index is 2770. The summed E-state index contributed by atoms with van der Waals surface area (Å²) in [6, 6.07) is 41.1. The minimum absolute atomic E-state index is 0.276. The molecule has 0 radical (unpaired) electrons. The molecule has 0 N–H and O–H groups in total. The average molecular weight is 1030 g/mol. The van der Waals surface area contributed by atoms with Crippen LogP contribution < -0.4 is 0 Å². The molecule has 2 bridgehead atoms. The second kappa shape index (κ2) is 29.0. The van der Waals surface area contributed by atoms with E-state index in [1.807, 2.05) is 0 Å². The molecule has 5 aliphatic carbocycles. The minimum atomic E-state index is 0.276. The molecule has 0 aromatic heterocycles. The van der Waals surface area contributed by atoms with E-state index in [0.29, 0.717) is 5.92 Å². The maximum Gasteiger partial charge on any atom is -0.0128 e. The van der Waals surface area contributed by atoms with Gasteiger partial charge in [-0.2, -0.15) is 0 Å². The first-order chi connectivity index (χ1) is 36.6. The van der Waals surface area contributed by atoms with Crippen LogP contribution in [0.5, 0.6) is 0 Å². The van der Waals surface area contributed by atoms with Crippen LogP contribution in [0.3, 0.4) is 0 Å². The zero-order valence-corrected chi connectivity index (χ0v) is 52.2. The molecule has 6 aromatic rings. The molecule has 77 heavy (non-hydrogen) atoms. The molecule has 11 rings (SSSR count). The van der Waals surface area contributed by atoms with Crippen molar-refractivity contribution >= 4 is 0 Å². The smallest absolute Gasteiger partial charge is 0.0128 e. The van der Waals surface area contributed by atoms with Crippen LogP contribution >= 0.6 is 0 Å². The van der Waals surface area contributed by atoms with Crippen molar-refractivity contribution in [2.45, 2.75) is 255 Å². The van der Waals surface area contributed by atoms with Gasteiger partial charge < -0.3 is 0 Å². The van der Waals surface area contributed by atoms with Crippen molar-refractivity contribution in [3.8, 4) is 0 Å². The first-order valence-electron chi connectivity index (χ1n) is 31.0. The summed E-state index contributed by atoms with van der Waals surface area (Å²) in [7, 11) is 0. The maximum absolute atomic E-state index is 2.43. The van der Waals surface area contributed by atoms with E-state index in [2.05, 4.69) is 227 Å². The Morgan fingerprint density at radius 2 is 0.779 bits per heavy atom. The van der Waals surface area contributed by atoms with Crippen molar-refractivity contribution < 1.29 is 0 Å². The van der Waals surface area contributed by atoms with Crippen LogP contribution in [0.1, 0.15) is 267 Å². The SMILES string of the molecule is Cc1ccc(C(C)(C)C)cc1C.Cc1ccc(C(C)C)cc1C.Cc1ccc(C)c(C2CC3CCC2C3)c1.Cc1ccc(C)c(C2CCCC2)c1.Cc1ccc(C)c(C2CCCCC2)c1.Cc1ccc(C2CCC2)cc1C. The topological polar surface area (TPSA) is 0 Å². The second-order valence-corrected chi connectivity index (χ2v) is 26.7. The van der Waals surface area contributed by atoms with E-state index in [-0.39, 0.29) is 5.41 Å². The quantitative estimate of drug-likeness (QED) is 0.161. The Labute approximate surface area is 474 Å². The summed E-state index contributed by atoms with van der Waals surface area (Å²) in [5.41, 5.74) is 26.7. The molecule has 0 aliphatic heterocycles. The van der Waals surface area contributed by atoms with Gasteiger partial charge in [-0.25, -0.2) is 0 Å². The second-order valence-electron chi connectivity index (χ2n) is 26.7. The summed E-state index contributed by atoms with van der Waals surface area (Å²) in [5, 5.41) is 0. The van der Waals surface area contributed by atoms with Crippen molar-refractivity contribution in [2.24, 2.45) is 11.8 Å². The largest absolute Gasteiger partial charge is 0.0590 e. The van der Waals surface area contributed by atoms with Gasteiger partial charge in [0, 0.05) is 0 Å². The summed E-state index contributed by atoms with van der Waals surface area (Å²) in [4.78, 5) is 0. The van der Waals surface area contributed by atoms with Gasteiger partial charge >= 0.3 is 0 Å². The van der Waals surface area contributed by atoms with Crippen LogP contribution in [0.4, 0.5) is 0 Å². The minimum Gasteiger partial charge on any atom is -0.0590 e. The molecule has 5 fully saturated rings. The number of fused-ring (bicyclic) bond motifs is 2. The van der Waals surface area contributed by atoms with Gasteiger partial charge in [-0.3, -0.25) is 0 Å². The third kappa shape index (κ3) is 18.2. The molecule has 5 saturated carbocycles. The third-order valence-electron chi connectivity index (χ3n) is 19.0. The fraction of sp³-hybridized carbons (Fsp3) is 0.532. The van der Waals surface area contributed by atoms with E-state index in [4.69, 9.17) is 0 Å². The van der Waals surface area contributed by atoms with Gasteiger partial charge in [0.15, 0.2) is 0 Å². The van der Waals surface area contributed by atoms with Crippen LogP contribution in [0.25, 0.3) is 0 Å². The van der Waals surface area contributed by atoms with E-state index in [9.17, 15) is 0 Å². The van der Waals surface area contributed by atoms with Crippen molar-refractivity contribution in [1.29, 1.82) is 0 Å². The van der Waals surface area contributed by atoms with Crippen LogP contribution in [-0.4, -0.2) is 0 Å². The van der Waals surface area contributed by atoms with Gasteiger partial charge in [-0.1, -0.05) is 205 Å². The predicted molar refractivity (Wildman–Crippen MR) is 340 cm³/mol. The molecule has 0 heteroatoms. The lowest BCUT2D eigenvalue weighted by atomic mass is 9.79. The summed E-state index contributed by atoms with van der Waals surface area (Å²) >= 11 is 0. The molecular formula is C77H108. The highest BCUT2D eigenvalue weighted by molar-refractivity contribution is 5.38. The monoisotopic (exact) mass is 1030 g/mol. The van der Waals surface area contributed by atoms with Gasteiger partial charge in [0.05, 0.1) is 0 Å². The molecule has 6 aromatic carbocycles. The van der Waals surface area contributed by atoms with Crippen molar-refractivity contribution in [3.63, 3.8) is 0 Å². The van der Waals surface area contributed by atoms with Crippen LogP contribution in [0.15, 0.2) is 109 Å². The lowest BCUT2D eigenvalue weighted by molar-refractivity contribution is 0.418. The zero-order valence-electron chi connectivity index (χ0n) is 52.2. The normalized spacial score (nSPS) is 19.0. The number of hydrogen-bond acceptors (Lipinski definition) is 0. The Kier molecular flexibility index (Phi) is 23.2. The zero-order chi connectivity index (χ0) is 56.0. The Balaban J connectivity index is 0.000000150. The molecule has 0 heterocycles. The molecule has 0 nitrogen and oxygen atoms in total. The van der Waals surface area contributed by atoms with E-state index < -0.39 is 0 Å². The molecular weight excluding hydrogens is 925 g/mol. The van der Waals surface area contributed by atoms with Crippen molar-refractivity contribution in [1.82, 2.24) is 0 Å². The van der Waals surface area contributed by atoms with E-state index >= 15 is 0 Å². The summed E-state index contributed by atoms with van der Waals surface area (Å²) < 4.78 is 0.